The quantitative estimate of drug-likeness (QED) is 0.917. The molecule has 1 fully saturated rings. The minimum atomic E-state index is -0.682. The van der Waals surface area contributed by atoms with Gasteiger partial charge in [0, 0.05) is 10.0 Å². The molecule has 0 aliphatic heterocycles. The number of methoxy groups -OCH3 is 1. The summed E-state index contributed by atoms with van der Waals surface area (Å²) in [6.07, 6.45) is 1.64. The number of benzene rings is 2. The summed E-state index contributed by atoms with van der Waals surface area (Å²) in [5, 5.41) is 12.6. The summed E-state index contributed by atoms with van der Waals surface area (Å²) in [5.74, 6) is 0.778. The van der Waals surface area contributed by atoms with E-state index in [2.05, 4.69) is 22.0 Å². The molecule has 1 aliphatic carbocycles. The molecule has 3 rings (SSSR count). The third-order valence-electron chi connectivity index (χ3n) is 3.35. The highest BCUT2D eigenvalue weighted by Gasteiger charge is 2.45. The average molecular weight is 293 g/mol. The fourth-order valence-electron chi connectivity index (χ4n) is 2.30. The van der Waals surface area contributed by atoms with Crippen LogP contribution >= 0.6 is 15.9 Å². The summed E-state index contributed by atoms with van der Waals surface area (Å²) in [7, 11) is 1.65. The zero-order valence-corrected chi connectivity index (χ0v) is 11.1. The molecule has 0 unspecified atom stereocenters. The molecule has 1 saturated carbocycles. The van der Waals surface area contributed by atoms with Crippen molar-refractivity contribution in [3.63, 3.8) is 0 Å². The maximum atomic E-state index is 10.4. The molecule has 0 amide bonds. The van der Waals surface area contributed by atoms with Crippen LogP contribution in [-0.2, 0) is 5.60 Å². The van der Waals surface area contributed by atoms with Gasteiger partial charge in [0.2, 0.25) is 0 Å². The minimum absolute atomic E-state index is 0.682. The summed E-state index contributed by atoms with van der Waals surface area (Å²) in [4.78, 5) is 0. The fraction of sp³-hybridized carbons (Fsp3) is 0.286. The molecule has 3 heteroatoms. The van der Waals surface area contributed by atoms with E-state index in [0.717, 1.165) is 39.4 Å². The van der Waals surface area contributed by atoms with E-state index in [0.29, 0.717) is 0 Å². The van der Waals surface area contributed by atoms with Crippen molar-refractivity contribution in [1.82, 2.24) is 0 Å². The molecule has 1 N–H and O–H groups in total. The molecule has 2 nitrogen and oxygen atoms in total. The van der Waals surface area contributed by atoms with Crippen molar-refractivity contribution in [1.29, 1.82) is 0 Å². The van der Waals surface area contributed by atoms with Crippen LogP contribution in [0.25, 0.3) is 10.8 Å². The lowest BCUT2D eigenvalue weighted by atomic mass is 9.98. The molecule has 0 spiro atoms. The Bertz CT molecular complexity index is 588. The van der Waals surface area contributed by atoms with Gasteiger partial charge in [-0.2, -0.15) is 0 Å². The second kappa shape index (κ2) is 3.72. The van der Waals surface area contributed by atoms with Crippen LogP contribution in [0.15, 0.2) is 34.8 Å². The van der Waals surface area contributed by atoms with Gasteiger partial charge >= 0.3 is 0 Å². The van der Waals surface area contributed by atoms with Gasteiger partial charge in [0.05, 0.1) is 12.7 Å². The fourth-order valence-corrected chi connectivity index (χ4v) is 2.68. The van der Waals surface area contributed by atoms with Gasteiger partial charge in [-0.25, -0.2) is 0 Å². The summed E-state index contributed by atoms with van der Waals surface area (Å²) < 4.78 is 6.42. The molecule has 0 atom stereocenters. The summed E-state index contributed by atoms with van der Waals surface area (Å²) >= 11 is 3.46. The highest BCUT2D eigenvalue weighted by atomic mass is 79.9. The molecular weight excluding hydrogens is 280 g/mol. The standard InChI is InChI=1S/C14H13BrO2/c1-17-12-5-2-9-8-10(15)3-4-11(9)13(12)14(16)6-7-14/h2-5,8,16H,6-7H2,1H3. The van der Waals surface area contributed by atoms with Crippen molar-refractivity contribution in [3.8, 4) is 5.75 Å². The third-order valence-corrected chi connectivity index (χ3v) is 3.85. The van der Waals surface area contributed by atoms with E-state index < -0.39 is 5.60 Å². The van der Waals surface area contributed by atoms with Crippen molar-refractivity contribution in [3.05, 3.63) is 40.4 Å². The SMILES string of the molecule is COc1ccc2cc(Br)ccc2c1C1(O)CC1. The van der Waals surface area contributed by atoms with Crippen molar-refractivity contribution in [2.45, 2.75) is 18.4 Å². The molecule has 88 valence electrons. The van der Waals surface area contributed by atoms with Crippen LogP contribution in [0, 0.1) is 0 Å². The summed E-state index contributed by atoms with van der Waals surface area (Å²) in [6, 6.07) is 10.0. The Kier molecular flexibility index (Phi) is 2.42. The highest BCUT2D eigenvalue weighted by Crippen LogP contribution is 2.51. The Balaban J connectivity index is 2.34. The summed E-state index contributed by atoms with van der Waals surface area (Å²) in [5.41, 5.74) is 0.253. The van der Waals surface area contributed by atoms with Crippen molar-refractivity contribution >= 4 is 26.7 Å². The maximum Gasteiger partial charge on any atom is 0.125 e. The van der Waals surface area contributed by atoms with Crippen LogP contribution in [0.3, 0.4) is 0 Å². The number of rotatable bonds is 2. The Morgan fingerprint density at radius 1 is 1.24 bits per heavy atom. The van der Waals surface area contributed by atoms with Gasteiger partial charge in [-0.1, -0.05) is 28.1 Å². The normalized spacial score (nSPS) is 17.1. The Labute approximate surface area is 108 Å². The Hall–Kier alpha value is -1.06. The van der Waals surface area contributed by atoms with Gasteiger partial charge in [-0.3, -0.25) is 0 Å². The second-order valence-electron chi connectivity index (χ2n) is 4.54. The topological polar surface area (TPSA) is 29.5 Å². The Morgan fingerprint density at radius 3 is 2.65 bits per heavy atom. The lowest BCUT2D eigenvalue weighted by Crippen LogP contribution is -2.07. The minimum Gasteiger partial charge on any atom is -0.496 e. The zero-order valence-electron chi connectivity index (χ0n) is 9.53. The molecular formula is C14H13BrO2. The zero-order chi connectivity index (χ0) is 12.0. The predicted octanol–water partition coefficient (Wildman–Crippen LogP) is 3.59. The van der Waals surface area contributed by atoms with Gasteiger partial charge in [-0.15, -0.1) is 0 Å². The molecule has 0 saturated heterocycles. The first-order valence-electron chi connectivity index (χ1n) is 5.63. The molecule has 0 bridgehead atoms. The second-order valence-corrected chi connectivity index (χ2v) is 5.46. The van der Waals surface area contributed by atoms with Gasteiger partial charge in [-0.05, 0) is 41.8 Å². The molecule has 2 aromatic rings. The third kappa shape index (κ3) is 1.74. The first kappa shape index (κ1) is 11.1. The van der Waals surface area contributed by atoms with E-state index in [-0.39, 0.29) is 0 Å². The monoisotopic (exact) mass is 292 g/mol. The van der Waals surface area contributed by atoms with Crippen LogP contribution in [-0.4, -0.2) is 12.2 Å². The van der Waals surface area contributed by atoms with Crippen LogP contribution in [0.5, 0.6) is 5.75 Å². The van der Waals surface area contributed by atoms with Crippen molar-refractivity contribution in [2.24, 2.45) is 0 Å². The van der Waals surface area contributed by atoms with E-state index in [9.17, 15) is 5.11 Å². The molecule has 0 aromatic heterocycles. The van der Waals surface area contributed by atoms with E-state index >= 15 is 0 Å². The van der Waals surface area contributed by atoms with Crippen molar-refractivity contribution in [2.75, 3.05) is 7.11 Å². The molecule has 1 aliphatic rings. The molecule has 0 radical (unpaired) electrons. The first-order valence-corrected chi connectivity index (χ1v) is 6.42. The van der Waals surface area contributed by atoms with Gasteiger partial charge in [0.15, 0.2) is 0 Å². The van der Waals surface area contributed by atoms with Gasteiger partial charge in [0.25, 0.3) is 0 Å². The smallest absolute Gasteiger partial charge is 0.125 e. The molecule has 2 aromatic carbocycles. The number of aliphatic hydroxyl groups is 1. The number of ether oxygens (including phenoxy) is 1. The average Bonchev–Trinajstić information content (AvgIpc) is 3.06. The van der Waals surface area contributed by atoms with E-state index in [4.69, 9.17) is 4.74 Å². The lowest BCUT2D eigenvalue weighted by molar-refractivity contribution is 0.149. The highest BCUT2D eigenvalue weighted by molar-refractivity contribution is 9.10. The predicted molar refractivity (Wildman–Crippen MR) is 71.3 cm³/mol. The Morgan fingerprint density at radius 2 is 2.00 bits per heavy atom. The summed E-state index contributed by atoms with van der Waals surface area (Å²) in [6.45, 7) is 0. The van der Waals surface area contributed by atoms with E-state index in [1.807, 2.05) is 24.3 Å². The van der Waals surface area contributed by atoms with Crippen molar-refractivity contribution < 1.29 is 9.84 Å². The van der Waals surface area contributed by atoms with Gasteiger partial charge < -0.3 is 9.84 Å². The van der Waals surface area contributed by atoms with Crippen LogP contribution in [0.1, 0.15) is 18.4 Å². The van der Waals surface area contributed by atoms with Crippen LogP contribution in [0.2, 0.25) is 0 Å². The largest absolute Gasteiger partial charge is 0.496 e. The lowest BCUT2D eigenvalue weighted by Gasteiger charge is -2.16. The van der Waals surface area contributed by atoms with Gasteiger partial charge in [0.1, 0.15) is 5.75 Å². The van der Waals surface area contributed by atoms with E-state index in [1.165, 1.54) is 0 Å². The number of halogens is 1. The molecule has 17 heavy (non-hydrogen) atoms. The maximum absolute atomic E-state index is 10.4. The number of hydrogen-bond donors (Lipinski definition) is 1. The number of hydrogen-bond acceptors (Lipinski definition) is 2. The number of fused-ring (bicyclic) bond motifs is 1. The van der Waals surface area contributed by atoms with Crippen LogP contribution in [0.4, 0.5) is 0 Å². The van der Waals surface area contributed by atoms with E-state index in [1.54, 1.807) is 7.11 Å². The van der Waals surface area contributed by atoms with Crippen LogP contribution < -0.4 is 4.74 Å². The first-order chi connectivity index (χ1) is 8.14. The molecule has 0 heterocycles.